The third-order valence-electron chi connectivity index (χ3n) is 8.60. The fraction of sp³-hybridized carbons (Fsp3) is 0.571. The first-order chi connectivity index (χ1) is 14.4. The first kappa shape index (κ1) is 21.3. The average molecular weight is 407 g/mol. The molecule has 2 aliphatic rings. The second kappa shape index (κ2) is 8.65. The SMILES string of the molecule is CC(C)C1CCC(C2CCC(c3ccc(O)cc3)(c3ccc(O)cc3)C(C)C2)CC1. The van der Waals surface area contributed by atoms with Gasteiger partial charge in [-0.3, -0.25) is 0 Å². The summed E-state index contributed by atoms with van der Waals surface area (Å²) in [4.78, 5) is 0. The highest BCUT2D eigenvalue weighted by Gasteiger charge is 2.45. The molecule has 0 bridgehead atoms. The van der Waals surface area contributed by atoms with Crippen LogP contribution in [0.1, 0.15) is 76.8 Å². The van der Waals surface area contributed by atoms with Gasteiger partial charge in [0.2, 0.25) is 0 Å². The molecule has 0 aromatic heterocycles. The Morgan fingerprint density at radius 2 is 1.23 bits per heavy atom. The Hall–Kier alpha value is -1.96. The lowest BCUT2D eigenvalue weighted by atomic mass is 9.55. The summed E-state index contributed by atoms with van der Waals surface area (Å²) >= 11 is 0. The van der Waals surface area contributed by atoms with Gasteiger partial charge in [0.15, 0.2) is 0 Å². The van der Waals surface area contributed by atoms with E-state index in [0.717, 1.165) is 30.1 Å². The lowest BCUT2D eigenvalue weighted by Gasteiger charge is -2.49. The molecule has 2 saturated carbocycles. The highest BCUT2D eigenvalue weighted by atomic mass is 16.3. The van der Waals surface area contributed by atoms with Crippen LogP contribution in [0.4, 0.5) is 0 Å². The third kappa shape index (κ3) is 3.98. The van der Waals surface area contributed by atoms with Crippen molar-refractivity contribution in [3.05, 3.63) is 59.7 Å². The topological polar surface area (TPSA) is 40.5 Å². The monoisotopic (exact) mass is 406 g/mol. The van der Waals surface area contributed by atoms with Gasteiger partial charge in [0, 0.05) is 5.41 Å². The van der Waals surface area contributed by atoms with Crippen molar-refractivity contribution in [3.8, 4) is 11.5 Å². The van der Waals surface area contributed by atoms with E-state index in [1.807, 2.05) is 24.3 Å². The molecule has 2 unspecified atom stereocenters. The maximum absolute atomic E-state index is 9.85. The maximum Gasteiger partial charge on any atom is 0.115 e. The van der Waals surface area contributed by atoms with Gasteiger partial charge >= 0.3 is 0 Å². The largest absolute Gasteiger partial charge is 0.508 e. The molecule has 4 rings (SSSR count). The number of aromatic hydroxyl groups is 2. The normalized spacial score (nSPS) is 29.1. The summed E-state index contributed by atoms with van der Waals surface area (Å²) in [6, 6.07) is 15.7. The number of benzene rings is 2. The van der Waals surface area contributed by atoms with Gasteiger partial charge < -0.3 is 10.2 Å². The molecule has 2 nitrogen and oxygen atoms in total. The van der Waals surface area contributed by atoms with Crippen molar-refractivity contribution in [2.45, 2.75) is 71.1 Å². The molecule has 0 aliphatic heterocycles. The molecule has 0 saturated heterocycles. The lowest BCUT2D eigenvalue weighted by molar-refractivity contribution is 0.0983. The van der Waals surface area contributed by atoms with E-state index in [2.05, 4.69) is 45.0 Å². The summed E-state index contributed by atoms with van der Waals surface area (Å²) in [6.45, 7) is 7.19. The summed E-state index contributed by atoms with van der Waals surface area (Å²) in [7, 11) is 0. The molecule has 2 aliphatic carbocycles. The van der Waals surface area contributed by atoms with Gasteiger partial charge in [0.05, 0.1) is 0 Å². The number of hydrogen-bond acceptors (Lipinski definition) is 2. The zero-order valence-electron chi connectivity index (χ0n) is 18.8. The second-order valence-electron chi connectivity index (χ2n) is 10.4. The van der Waals surface area contributed by atoms with Crippen molar-refractivity contribution in [1.82, 2.24) is 0 Å². The van der Waals surface area contributed by atoms with E-state index < -0.39 is 0 Å². The first-order valence-corrected chi connectivity index (χ1v) is 12.0. The maximum atomic E-state index is 9.85. The summed E-state index contributed by atoms with van der Waals surface area (Å²) in [5, 5.41) is 19.7. The average Bonchev–Trinajstić information content (AvgIpc) is 2.75. The predicted octanol–water partition coefficient (Wildman–Crippen LogP) is 7.28. The van der Waals surface area contributed by atoms with Gasteiger partial charge in [0.25, 0.3) is 0 Å². The molecule has 162 valence electrons. The molecule has 30 heavy (non-hydrogen) atoms. The highest BCUT2D eigenvalue weighted by Crippen LogP contribution is 2.53. The Bertz CT molecular complexity index is 767. The van der Waals surface area contributed by atoms with Crippen LogP contribution in [-0.4, -0.2) is 10.2 Å². The van der Waals surface area contributed by atoms with Crippen molar-refractivity contribution >= 4 is 0 Å². The van der Waals surface area contributed by atoms with Crippen molar-refractivity contribution in [3.63, 3.8) is 0 Å². The van der Waals surface area contributed by atoms with Gasteiger partial charge in [-0.1, -0.05) is 45.0 Å². The van der Waals surface area contributed by atoms with Gasteiger partial charge in [-0.15, -0.1) is 0 Å². The summed E-state index contributed by atoms with van der Waals surface area (Å²) in [5.74, 6) is 4.64. The predicted molar refractivity (Wildman–Crippen MR) is 124 cm³/mol. The number of hydrogen-bond donors (Lipinski definition) is 2. The van der Waals surface area contributed by atoms with Crippen molar-refractivity contribution in [1.29, 1.82) is 0 Å². The van der Waals surface area contributed by atoms with Crippen LogP contribution in [0, 0.1) is 29.6 Å². The minimum atomic E-state index is -0.0486. The minimum Gasteiger partial charge on any atom is -0.508 e. The van der Waals surface area contributed by atoms with E-state index in [4.69, 9.17) is 0 Å². The standard InChI is InChI=1S/C28H38O2/c1-19(2)21-4-6-22(7-5-21)23-16-17-28(20(3)18-23,24-8-12-26(29)13-9-24)25-10-14-27(30)15-11-25/h8-15,19-23,29-30H,4-7,16-18H2,1-3H3. The number of phenolic OH excluding ortho intramolecular Hbond substituents is 2. The Morgan fingerprint density at radius 1 is 0.733 bits per heavy atom. The van der Waals surface area contributed by atoms with Gasteiger partial charge in [-0.2, -0.15) is 0 Å². The molecule has 0 heterocycles. The molecular weight excluding hydrogens is 368 g/mol. The second-order valence-corrected chi connectivity index (χ2v) is 10.4. The summed E-state index contributed by atoms with van der Waals surface area (Å²) < 4.78 is 0. The molecule has 2 atom stereocenters. The Balaban J connectivity index is 1.58. The molecule has 0 amide bonds. The number of phenols is 2. The van der Waals surface area contributed by atoms with Crippen LogP contribution in [0.15, 0.2) is 48.5 Å². The molecule has 0 radical (unpaired) electrons. The summed E-state index contributed by atoms with van der Waals surface area (Å²) in [6.07, 6.45) is 9.31. The van der Waals surface area contributed by atoms with Crippen LogP contribution < -0.4 is 0 Å². The smallest absolute Gasteiger partial charge is 0.115 e. The van der Waals surface area contributed by atoms with E-state index in [9.17, 15) is 10.2 Å². The van der Waals surface area contributed by atoms with Crippen LogP contribution in [0.2, 0.25) is 0 Å². The van der Waals surface area contributed by atoms with E-state index in [-0.39, 0.29) is 5.41 Å². The quantitative estimate of drug-likeness (QED) is 0.560. The lowest BCUT2D eigenvalue weighted by Crippen LogP contribution is -2.42. The van der Waals surface area contributed by atoms with Crippen LogP contribution in [-0.2, 0) is 5.41 Å². The molecule has 2 aromatic carbocycles. The molecule has 2 heteroatoms. The fourth-order valence-corrected chi connectivity index (χ4v) is 6.69. The van der Waals surface area contributed by atoms with E-state index in [0.29, 0.717) is 17.4 Å². The number of rotatable bonds is 4. The molecule has 2 aromatic rings. The van der Waals surface area contributed by atoms with Crippen LogP contribution in [0.3, 0.4) is 0 Å². The molecular formula is C28H38O2. The molecule has 2 fully saturated rings. The van der Waals surface area contributed by atoms with Crippen LogP contribution in [0.25, 0.3) is 0 Å². The molecule has 0 spiro atoms. The zero-order chi connectivity index (χ0) is 21.3. The van der Waals surface area contributed by atoms with E-state index >= 15 is 0 Å². The van der Waals surface area contributed by atoms with Crippen LogP contribution >= 0.6 is 0 Å². The van der Waals surface area contributed by atoms with Gasteiger partial charge in [-0.05, 0) is 110 Å². The Kier molecular flexibility index (Phi) is 6.14. The third-order valence-corrected chi connectivity index (χ3v) is 8.60. The summed E-state index contributed by atoms with van der Waals surface area (Å²) in [5.41, 5.74) is 2.54. The van der Waals surface area contributed by atoms with Crippen molar-refractivity contribution in [2.75, 3.05) is 0 Å². The van der Waals surface area contributed by atoms with Crippen molar-refractivity contribution < 1.29 is 10.2 Å². The van der Waals surface area contributed by atoms with Gasteiger partial charge in [-0.25, -0.2) is 0 Å². The minimum absolute atomic E-state index is 0.0486. The fourth-order valence-electron chi connectivity index (χ4n) is 6.69. The van der Waals surface area contributed by atoms with E-state index in [1.165, 1.54) is 49.7 Å². The highest BCUT2D eigenvalue weighted by molar-refractivity contribution is 5.44. The van der Waals surface area contributed by atoms with Crippen LogP contribution in [0.5, 0.6) is 11.5 Å². The Labute approximate surface area is 182 Å². The first-order valence-electron chi connectivity index (χ1n) is 12.0. The Morgan fingerprint density at radius 3 is 1.67 bits per heavy atom. The van der Waals surface area contributed by atoms with Crippen molar-refractivity contribution in [2.24, 2.45) is 29.6 Å². The van der Waals surface area contributed by atoms with Gasteiger partial charge in [0.1, 0.15) is 11.5 Å². The zero-order valence-corrected chi connectivity index (χ0v) is 18.8. The van der Waals surface area contributed by atoms with E-state index in [1.54, 1.807) is 0 Å². The molecule has 2 N–H and O–H groups in total.